The summed E-state index contributed by atoms with van der Waals surface area (Å²) in [5.74, 6) is 3.13. The van der Waals surface area contributed by atoms with E-state index in [4.69, 9.17) is 19.4 Å². The molecule has 5 rings (SSSR count). The number of fused-ring (bicyclic) bond motifs is 2. The van der Waals surface area contributed by atoms with Crippen molar-refractivity contribution in [3.63, 3.8) is 0 Å². The van der Waals surface area contributed by atoms with Crippen LogP contribution in [0.1, 0.15) is 11.3 Å². The molecule has 2 aromatic heterocycles. The maximum atomic E-state index is 6.06. The first-order valence-corrected chi connectivity index (χ1v) is 9.50. The Morgan fingerprint density at radius 1 is 1.11 bits per heavy atom. The van der Waals surface area contributed by atoms with Gasteiger partial charge in [-0.15, -0.1) is 0 Å². The minimum atomic E-state index is -0.0796. The van der Waals surface area contributed by atoms with Crippen LogP contribution in [-0.2, 0) is 13.0 Å². The molecule has 2 aliphatic rings. The monoisotopic (exact) mass is 375 g/mol. The molecule has 0 saturated carbocycles. The van der Waals surface area contributed by atoms with Crippen LogP contribution < -0.4 is 20.1 Å². The van der Waals surface area contributed by atoms with E-state index in [-0.39, 0.29) is 6.10 Å². The van der Waals surface area contributed by atoms with Gasteiger partial charge < -0.3 is 20.1 Å². The van der Waals surface area contributed by atoms with E-state index in [9.17, 15) is 0 Å². The van der Waals surface area contributed by atoms with Crippen molar-refractivity contribution in [3.8, 4) is 22.9 Å². The van der Waals surface area contributed by atoms with Crippen molar-refractivity contribution in [3.05, 3.63) is 60.0 Å². The van der Waals surface area contributed by atoms with Crippen LogP contribution in [0.5, 0.6) is 11.5 Å². The molecule has 0 fully saturated rings. The summed E-state index contributed by atoms with van der Waals surface area (Å²) in [6, 6.07) is 11.6. The van der Waals surface area contributed by atoms with E-state index in [0.717, 1.165) is 48.1 Å². The van der Waals surface area contributed by atoms with Gasteiger partial charge in [0, 0.05) is 30.1 Å². The van der Waals surface area contributed by atoms with Crippen molar-refractivity contribution in [2.24, 2.45) is 0 Å². The zero-order valence-corrected chi connectivity index (χ0v) is 15.4. The number of ether oxygens (including phenoxy) is 2. The summed E-state index contributed by atoms with van der Waals surface area (Å²) in [6.07, 6.45) is 4.36. The van der Waals surface area contributed by atoms with E-state index in [1.807, 2.05) is 36.4 Å². The Hall–Kier alpha value is -3.19. The van der Waals surface area contributed by atoms with Gasteiger partial charge in [0.1, 0.15) is 18.5 Å². The van der Waals surface area contributed by atoms with Crippen LogP contribution in [-0.4, -0.2) is 40.8 Å². The first-order chi connectivity index (χ1) is 13.9. The average molecular weight is 375 g/mol. The molecule has 0 radical (unpaired) electrons. The third-order valence-electron chi connectivity index (χ3n) is 4.92. The normalized spacial score (nSPS) is 17.6. The molecule has 0 spiro atoms. The highest BCUT2D eigenvalue weighted by atomic mass is 16.6. The number of aromatic nitrogens is 3. The lowest BCUT2D eigenvalue weighted by Crippen LogP contribution is -2.36. The van der Waals surface area contributed by atoms with Crippen LogP contribution in [0.3, 0.4) is 0 Å². The predicted octanol–water partition coefficient (Wildman–Crippen LogP) is 2.44. The number of benzene rings is 1. The molecular weight excluding hydrogens is 354 g/mol. The van der Waals surface area contributed by atoms with Gasteiger partial charge >= 0.3 is 0 Å². The number of nitrogens with one attached hydrogen (secondary N) is 2. The van der Waals surface area contributed by atoms with Gasteiger partial charge in [0.15, 0.2) is 17.3 Å². The highest BCUT2D eigenvalue weighted by Crippen LogP contribution is 2.31. The van der Waals surface area contributed by atoms with Crippen LogP contribution in [0, 0.1) is 0 Å². The molecule has 0 unspecified atom stereocenters. The Bertz CT molecular complexity index is 980. The van der Waals surface area contributed by atoms with Crippen LogP contribution >= 0.6 is 0 Å². The van der Waals surface area contributed by atoms with Gasteiger partial charge in [-0.05, 0) is 37.2 Å². The van der Waals surface area contributed by atoms with E-state index in [2.05, 4.69) is 15.6 Å². The second-order valence-electron chi connectivity index (χ2n) is 6.87. The molecule has 2 N–H and O–H groups in total. The van der Waals surface area contributed by atoms with Crippen molar-refractivity contribution in [2.75, 3.05) is 25.0 Å². The molecule has 0 bridgehead atoms. The minimum absolute atomic E-state index is 0.0796. The molecule has 0 amide bonds. The second-order valence-corrected chi connectivity index (χ2v) is 6.87. The Morgan fingerprint density at radius 3 is 2.93 bits per heavy atom. The third-order valence-corrected chi connectivity index (χ3v) is 4.92. The topological polar surface area (TPSA) is 81.2 Å². The van der Waals surface area contributed by atoms with Crippen molar-refractivity contribution in [2.45, 2.75) is 19.1 Å². The van der Waals surface area contributed by atoms with Gasteiger partial charge in [-0.2, -0.15) is 0 Å². The Morgan fingerprint density at radius 2 is 2.04 bits per heavy atom. The minimum Gasteiger partial charge on any atom is -0.486 e. The molecule has 1 atom stereocenters. The van der Waals surface area contributed by atoms with E-state index in [1.165, 1.54) is 5.56 Å². The van der Waals surface area contributed by atoms with E-state index >= 15 is 0 Å². The van der Waals surface area contributed by atoms with E-state index in [1.54, 1.807) is 12.4 Å². The van der Waals surface area contributed by atoms with Gasteiger partial charge in [0.05, 0.1) is 12.2 Å². The quantitative estimate of drug-likeness (QED) is 0.725. The van der Waals surface area contributed by atoms with Crippen LogP contribution in [0.15, 0.2) is 48.8 Å². The maximum Gasteiger partial charge on any atom is 0.163 e. The summed E-state index contributed by atoms with van der Waals surface area (Å²) in [7, 11) is 0. The van der Waals surface area contributed by atoms with E-state index < -0.39 is 0 Å². The fourth-order valence-electron chi connectivity index (χ4n) is 3.50. The average Bonchev–Trinajstić information content (AvgIpc) is 2.77. The number of para-hydroxylation sites is 2. The zero-order valence-electron chi connectivity index (χ0n) is 15.4. The van der Waals surface area contributed by atoms with Crippen molar-refractivity contribution in [1.29, 1.82) is 0 Å². The Kier molecular flexibility index (Phi) is 4.50. The van der Waals surface area contributed by atoms with Crippen molar-refractivity contribution < 1.29 is 9.47 Å². The predicted molar refractivity (Wildman–Crippen MR) is 106 cm³/mol. The molecule has 142 valence electrons. The third kappa shape index (κ3) is 3.36. The van der Waals surface area contributed by atoms with Crippen LogP contribution in [0.2, 0.25) is 0 Å². The molecule has 7 heteroatoms. The molecule has 7 nitrogen and oxygen atoms in total. The standard InChI is InChI=1S/C21H21N5O2/c1-2-6-19-18(5-1)27-13-15(28-19)11-24-21-16-7-9-23-12-17(16)25-20(26-21)14-4-3-8-22-10-14/h1-6,8,10,15,23H,7,9,11-13H2,(H,24,25,26)/t15-/m1/s1. The smallest absolute Gasteiger partial charge is 0.163 e. The highest BCUT2D eigenvalue weighted by Gasteiger charge is 2.23. The van der Waals surface area contributed by atoms with Gasteiger partial charge in [-0.1, -0.05) is 12.1 Å². The maximum absolute atomic E-state index is 6.06. The number of pyridine rings is 1. The summed E-state index contributed by atoms with van der Waals surface area (Å²) in [6.45, 7) is 2.79. The number of anilines is 1. The second kappa shape index (κ2) is 7.44. The summed E-state index contributed by atoms with van der Waals surface area (Å²) >= 11 is 0. The largest absolute Gasteiger partial charge is 0.486 e. The molecule has 28 heavy (non-hydrogen) atoms. The molecule has 1 aromatic carbocycles. The molecule has 2 aliphatic heterocycles. The van der Waals surface area contributed by atoms with Crippen LogP contribution in [0.25, 0.3) is 11.4 Å². The number of rotatable bonds is 4. The van der Waals surface area contributed by atoms with Crippen molar-refractivity contribution in [1.82, 2.24) is 20.3 Å². The lowest BCUT2D eigenvalue weighted by atomic mass is 10.1. The highest BCUT2D eigenvalue weighted by molar-refractivity contribution is 5.59. The summed E-state index contributed by atoms with van der Waals surface area (Å²) in [5, 5.41) is 6.86. The zero-order chi connectivity index (χ0) is 18.8. The number of nitrogens with zero attached hydrogens (tertiary/aromatic N) is 3. The van der Waals surface area contributed by atoms with Gasteiger partial charge in [0.25, 0.3) is 0 Å². The van der Waals surface area contributed by atoms with E-state index in [0.29, 0.717) is 19.0 Å². The SMILES string of the molecule is c1cncc(-c2nc3c(c(NC[C@@H]4COc5ccccc5O4)n2)CCNC3)c1. The Balaban J connectivity index is 1.38. The first-order valence-electron chi connectivity index (χ1n) is 9.50. The summed E-state index contributed by atoms with van der Waals surface area (Å²) < 4.78 is 11.9. The molecular formula is C21H21N5O2. The summed E-state index contributed by atoms with van der Waals surface area (Å²) in [4.78, 5) is 13.7. The molecule has 3 aromatic rings. The lowest BCUT2D eigenvalue weighted by molar-refractivity contribution is 0.0997. The first kappa shape index (κ1) is 16.9. The fourth-order valence-corrected chi connectivity index (χ4v) is 3.50. The number of hydrogen-bond acceptors (Lipinski definition) is 7. The molecule has 4 heterocycles. The van der Waals surface area contributed by atoms with Crippen LogP contribution in [0.4, 0.5) is 5.82 Å². The van der Waals surface area contributed by atoms with Gasteiger partial charge in [-0.3, -0.25) is 4.98 Å². The lowest BCUT2D eigenvalue weighted by Gasteiger charge is -2.27. The number of hydrogen-bond donors (Lipinski definition) is 2. The van der Waals surface area contributed by atoms with Gasteiger partial charge in [-0.25, -0.2) is 9.97 Å². The molecule has 0 aliphatic carbocycles. The van der Waals surface area contributed by atoms with Gasteiger partial charge in [0.2, 0.25) is 0 Å². The Labute approximate surface area is 163 Å². The van der Waals surface area contributed by atoms with Crippen molar-refractivity contribution >= 4 is 5.82 Å². The summed E-state index contributed by atoms with van der Waals surface area (Å²) in [5.41, 5.74) is 3.11. The fraction of sp³-hybridized carbons (Fsp3) is 0.286. The molecule has 0 saturated heterocycles.